The van der Waals surface area contributed by atoms with Crippen LogP contribution in [0, 0.1) is 0 Å². The van der Waals surface area contributed by atoms with Crippen molar-refractivity contribution in [2.75, 3.05) is 6.54 Å². The van der Waals surface area contributed by atoms with Gasteiger partial charge in [0.05, 0.1) is 4.90 Å². The lowest BCUT2D eigenvalue weighted by Gasteiger charge is -2.32. The maximum absolute atomic E-state index is 13.1. The number of benzene rings is 2. The molecule has 1 saturated heterocycles. The topological polar surface area (TPSA) is 91.8 Å². The number of hydrogen-bond donors (Lipinski definition) is 1. The molecule has 132 valence electrons. The lowest BCUT2D eigenvalue weighted by atomic mass is 10.1. The molecule has 1 heterocycles. The van der Waals surface area contributed by atoms with Crippen molar-refractivity contribution in [3.8, 4) is 0 Å². The van der Waals surface area contributed by atoms with E-state index in [4.69, 9.17) is 0 Å². The van der Waals surface area contributed by atoms with E-state index in [1.807, 2.05) is 18.2 Å². The summed E-state index contributed by atoms with van der Waals surface area (Å²) in [5.74, 6) is -1.31. The molecule has 0 aromatic heterocycles. The summed E-state index contributed by atoms with van der Waals surface area (Å²) in [7, 11) is -4.05. The van der Waals surface area contributed by atoms with Gasteiger partial charge in [-0.2, -0.15) is 4.31 Å². The minimum atomic E-state index is -4.05. The number of carbonyl (C=O) groups excluding carboxylic acids is 1. The predicted octanol–water partition coefficient (Wildman–Crippen LogP) is 2.68. The average Bonchev–Trinajstić information content (AvgIpc) is 2.99. The molecule has 2 aromatic carbocycles. The van der Waals surface area contributed by atoms with Crippen LogP contribution in [-0.2, 0) is 19.6 Å². The molecule has 1 aliphatic heterocycles. The Labute approximate surface area is 149 Å². The van der Waals surface area contributed by atoms with Gasteiger partial charge in [-0.15, -0.1) is 0 Å². The zero-order valence-electron chi connectivity index (χ0n) is 13.5. The fourth-order valence-electron chi connectivity index (χ4n) is 3.13. The van der Waals surface area contributed by atoms with E-state index in [0.717, 1.165) is 15.1 Å². The first-order chi connectivity index (χ1) is 11.8. The molecule has 0 radical (unpaired) electrons. The van der Waals surface area contributed by atoms with Gasteiger partial charge in [-0.3, -0.25) is 4.79 Å². The summed E-state index contributed by atoms with van der Waals surface area (Å²) in [5.41, 5.74) is 0. The number of thioether (sulfide) groups is 1. The van der Waals surface area contributed by atoms with Crippen molar-refractivity contribution in [2.45, 2.75) is 29.5 Å². The summed E-state index contributed by atoms with van der Waals surface area (Å²) in [6, 6.07) is 12.0. The molecule has 1 fully saturated rings. The Hall–Kier alpha value is -1.90. The van der Waals surface area contributed by atoms with Gasteiger partial charge in [0.25, 0.3) is 0 Å². The Morgan fingerprint density at radius 1 is 1.16 bits per heavy atom. The molecule has 2 aromatic rings. The van der Waals surface area contributed by atoms with Gasteiger partial charge in [-0.05, 0) is 35.7 Å². The van der Waals surface area contributed by atoms with Crippen molar-refractivity contribution in [3.63, 3.8) is 0 Å². The highest BCUT2D eigenvalue weighted by Gasteiger charge is 2.55. The van der Waals surface area contributed by atoms with Crippen LogP contribution < -0.4 is 0 Å². The maximum atomic E-state index is 13.1. The molecular formula is C17H17NO5S2. The molecule has 8 heteroatoms. The molecule has 1 unspecified atom stereocenters. The Kier molecular flexibility index (Phi) is 4.61. The normalized spacial score (nSPS) is 21.5. The molecular weight excluding hydrogens is 362 g/mol. The van der Waals surface area contributed by atoms with Crippen molar-refractivity contribution in [1.29, 1.82) is 0 Å². The van der Waals surface area contributed by atoms with Gasteiger partial charge in [0, 0.05) is 13.5 Å². The van der Waals surface area contributed by atoms with E-state index in [0.29, 0.717) is 18.2 Å². The summed E-state index contributed by atoms with van der Waals surface area (Å²) >= 11 is 0.559. The van der Waals surface area contributed by atoms with E-state index in [1.54, 1.807) is 12.1 Å². The maximum Gasteiger partial charge on any atom is 0.336 e. The molecule has 0 aliphatic carbocycles. The van der Waals surface area contributed by atoms with Crippen LogP contribution in [0.5, 0.6) is 0 Å². The van der Waals surface area contributed by atoms with E-state index in [1.165, 1.54) is 19.1 Å². The highest BCUT2D eigenvalue weighted by Crippen LogP contribution is 2.43. The highest BCUT2D eigenvalue weighted by atomic mass is 32.2. The molecule has 1 aliphatic rings. The second kappa shape index (κ2) is 6.44. The second-order valence-electron chi connectivity index (χ2n) is 5.87. The minimum absolute atomic E-state index is 0.0304. The number of rotatable bonds is 4. The number of nitrogens with zero attached hydrogens (tertiary/aromatic N) is 1. The third-order valence-electron chi connectivity index (χ3n) is 4.24. The summed E-state index contributed by atoms with van der Waals surface area (Å²) in [6.07, 6.45) is 0.485. The minimum Gasteiger partial charge on any atom is -0.479 e. The zero-order valence-corrected chi connectivity index (χ0v) is 15.1. The van der Waals surface area contributed by atoms with Gasteiger partial charge in [0.15, 0.2) is 9.99 Å². The number of carboxylic acids is 1. The standard InChI is InChI=1S/C17H17NO5S2/c1-12(19)24-17(16(20)21)9-4-10-18(17)25(22,23)15-8-7-13-5-2-3-6-14(13)11-15/h2-3,5-8,11H,4,9-10H2,1H3,(H,20,21). The molecule has 3 rings (SSSR count). The molecule has 0 bridgehead atoms. The van der Waals surface area contributed by atoms with Crippen LogP contribution in [0.25, 0.3) is 10.8 Å². The molecule has 0 spiro atoms. The number of carboxylic acid groups (broad SMARTS) is 1. The molecule has 25 heavy (non-hydrogen) atoms. The molecule has 6 nitrogen and oxygen atoms in total. The van der Waals surface area contributed by atoms with Crippen molar-refractivity contribution in [1.82, 2.24) is 4.31 Å². The molecule has 1 atom stereocenters. The molecule has 0 amide bonds. The van der Waals surface area contributed by atoms with E-state index < -0.39 is 26.0 Å². The van der Waals surface area contributed by atoms with Crippen LogP contribution in [0.1, 0.15) is 19.8 Å². The number of hydrogen-bond acceptors (Lipinski definition) is 5. The van der Waals surface area contributed by atoms with Gasteiger partial charge in [0.2, 0.25) is 10.0 Å². The van der Waals surface area contributed by atoms with Crippen LogP contribution in [0.15, 0.2) is 47.4 Å². The van der Waals surface area contributed by atoms with E-state index in [-0.39, 0.29) is 17.9 Å². The van der Waals surface area contributed by atoms with Gasteiger partial charge in [-0.1, -0.05) is 42.1 Å². The van der Waals surface area contributed by atoms with Gasteiger partial charge < -0.3 is 5.11 Å². The van der Waals surface area contributed by atoms with E-state index in [2.05, 4.69) is 0 Å². The van der Waals surface area contributed by atoms with Crippen LogP contribution in [0.4, 0.5) is 0 Å². The first kappa shape index (κ1) is 17.9. The number of carbonyl (C=O) groups is 2. The third kappa shape index (κ3) is 3.05. The van der Waals surface area contributed by atoms with Gasteiger partial charge >= 0.3 is 5.97 Å². The summed E-state index contributed by atoms with van der Waals surface area (Å²) < 4.78 is 27.2. The van der Waals surface area contributed by atoms with Crippen LogP contribution in [-0.4, -0.2) is 40.3 Å². The van der Waals surface area contributed by atoms with Crippen molar-refractivity contribution in [3.05, 3.63) is 42.5 Å². The largest absolute Gasteiger partial charge is 0.479 e. The van der Waals surface area contributed by atoms with Crippen LogP contribution in [0.2, 0.25) is 0 Å². The van der Waals surface area contributed by atoms with Gasteiger partial charge in [0.1, 0.15) is 0 Å². The SMILES string of the molecule is CC(=O)SC1(C(=O)O)CCCN1S(=O)(=O)c1ccc2ccccc2c1. The summed E-state index contributed by atoms with van der Waals surface area (Å²) in [5, 5.41) is 10.9. The predicted molar refractivity (Wildman–Crippen MR) is 95.7 cm³/mol. The molecule has 0 saturated carbocycles. The quantitative estimate of drug-likeness (QED) is 0.878. The lowest BCUT2D eigenvalue weighted by molar-refractivity contribution is -0.142. The number of fused-ring (bicyclic) bond motifs is 1. The van der Waals surface area contributed by atoms with Crippen molar-refractivity contribution in [2.24, 2.45) is 0 Å². The molecule has 1 N–H and O–H groups in total. The Balaban J connectivity index is 2.10. The Morgan fingerprint density at radius 2 is 1.84 bits per heavy atom. The average molecular weight is 379 g/mol. The van der Waals surface area contributed by atoms with Crippen LogP contribution >= 0.6 is 11.8 Å². The van der Waals surface area contributed by atoms with Crippen molar-refractivity contribution >= 4 is 43.6 Å². The fraction of sp³-hybridized carbons (Fsp3) is 0.294. The number of aliphatic carboxylic acids is 1. The van der Waals surface area contributed by atoms with Crippen molar-refractivity contribution < 1.29 is 23.1 Å². The monoisotopic (exact) mass is 379 g/mol. The smallest absolute Gasteiger partial charge is 0.336 e. The van der Waals surface area contributed by atoms with E-state index >= 15 is 0 Å². The van der Waals surface area contributed by atoms with E-state index in [9.17, 15) is 23.1 Å². The van der Waals surface area contributed by atoms with Gasteiger partial charge in [-0.25, -0.2) is 13.2 Å². The zero-order chi connectivity index (χ0) is 18.2. The summed E-state index contributed by atoms with van der Waals surface area (Å²) in [4.78, 5) is 21.7. The third-order valence-corrected chi connectivity index (χ3v) is 7.50. The van der Waals surface area contributed by atoms with Crippen LogP contribution in [0.3, 0.4) is 0 Å². The highest BCUT2D eigenvalue weighted by molar-refractivity contribution is 8.15. The Morgan fingerprint density at radius 3 is 2.48 bits per heavy atom. The summed E-state index contributed by atoms with van der Waals surface area (Å²) in [6.45, 7) is 1.32. The Bertz CT molecular complexity index is 956. The first-order valence-electron chi connectivity index (χ1n) is 7.72. The first-order valence-corrected chi connectivity index (χ1v) is 9.98. The number of sulfonamides is 1. The lowest BCUT2D eigenvalue weighted by Crippen LogP contribution is -2.51. The fourth-order valence-corrected chi connectivity index (χ4v) is 6.24. The second-order valence-corrected chi connectivity index (χ2v) is 9.19.